The number of hydrogen-bond donors (Lipinski definition) is 1. The molecule has 6 heteroatoms. The van der Waals surface area contributed by atoms with Crippen molar-refractivity contribution in [3.63, 3.8) is 0 Å². The van der Waals surface area contributed by atoms with E-state index in [1.54, 1.807) is 0 Å². The number of rotatable bonds is 13. The highest BCUT2D eigenvalue weighted by Crippen LogP contribution is 2.48. The number of aliphatic hydroxyl groups is 1. The van der Waals surface area contributed by atoms with Crippen molar-refractivity contribution in [1.82, 2.24) is 0 Å². The minimum Gasteiger partial charge on any atom is -0.396 e. The highest BCUT2D eigenvalue weighted by molar-refractivity contribution is 7.99. The summed E-state index contributed by atoms with van der Waals surface area (Å²) in [5, 5.41) is 8.61. The fourth-order valence-electron chi connectivity index (χ4n) is 2.61. The maximum absolute atomic E-state index is 8.61. The van der Waals surface area contributed by atoms with Crippen LogP contribution >= 0.6 is 20.4 Å². The Morgan fingerprint density at radius 2 is 1.29 bits per heavy atom. The first-order valence-corrected chi connectivity index (χ1v) is 12.0. The molecule has 3 rings (SSSR count). The average Bonchev–Trinajstić information content (AvgIpc) is 2.65. The molecule has 3 saturated heterocycles. The Kier molecular flexibility index (Phi) is 16.1. The Morgan fingerprint density at radius 3 is 1.67 bits per heavy atom. The second kappa shape index (κ2) is 17.1. The highest BCUT2D eigenvalue weighted by Gasteiger charge is 2.31. The SMILES string of the molecule is C1OP2OCC1CO2.CCCCCCCCCCCCSCCO. The van der Waals surface area contributed by atoms with E-state index in [-0.39, 0.29) is 0 Å². The van der Waals surface area contributed by atoms with Crippen LogP contribution in [-0.2, 0) is 13.6 Å². The summed E-state index contributed by atoms with van der Waals surface area (Å²) in [5.74, 6) is 2.65. The molecule has 0 aliphatic carbocycles. The maximum atomic E-state index is 8.61. The van der Waals surface area contributed by atoms with Crippen LogP contribution in [0.5, 0.6) is 0 Å². The van der Waals surface area contributed by atoms with Crippen LogP contribution in [-0.4, -0.2) is 43.0 Å². The quantitative estimate of drug-likeness (QED) is 0.336. The molecule has 24 heavy (non-hydrogen) atoms. The molecule has 0 atom stereocenters. The topological polar surface area (TPSA) is 47.9 Å². The van der Waals surface area contributed by atoms with E-state index in [1.165, 1.54) is 70.0 Å². The van der Waals surface area contributed by atoms with Crippen LogP contribution in [0, 0.1) is 5.92 Å². The van der Waals surface area contributed by atoms with Crippen LogP contribution in [0.2, 0.25) is 0 Å². The van der Waals surface area contributed by atoms with Gasteiger partial charge in [-0.15, -0.1) is 0 Å². The summed E-state index contributed by atoms with van der Waals surface area (Å²) < 4.78 is 15.3. The van der Waals surface area contributed by atoms with E-state index in [9.17, 15) is 0 Å². The third-order valence-corrected chi connectivity index (χ3v) is 6.25. The maximum Gasteiger partial charge on any atom is 0.332 e. The van der Waals surface area contributed by atoms with Gasteiger partial charge in [0, 0.05) is 11.7 Å². The number of thioether (sulfide) groups is 1. The molecule has 0 radical (unpaired) electrons. The molecule has 0 aromatic heterocycles. The Balaban J connectivity index is 0.000000292. The van der Waals surface area contributed by atoms with Gasteiger partial charge in [0.25, 0.3) is 0 Å². The van der Waals surface area contributed by atoms with Crippen molar-refractivity contribution in [2.24, 2.45) is 5.92 Å². The largest absolute Gasteiger partial charge is 0.396 e. The van der Waals surface area contributed by atoms with Gasteiger partial charge in [0.05, 0.1) is 26.4 Å². The van der Waals surface area contributed by atoms with Crippen LogP contribution in [0.25, 0.3) is 0 Å². The molecule has 3 aliphatic rings. The molecular formula is C18H37O4PS. The van der Waals surface area contributed by atoms with E-state index < -0.39 is 8.60 Å². The van der Waals surface area contributed by atoms with Gasteiger partial charge in [-0.3, -0.25) is 0 Å². The van der Waals surface area contributed by atoms with E-state index in [0.717, 1.165) is 25.6 Å². The van der Waals surface area contributed by atoms with E-state index >= 15 is 0 Å². The van der Waals surface area contributed by atoms with Crippen LogP contribution in [0.3, 0.4) is 0 Å². The second-order valence-corrected chi connectivity index (χ2v) is 8.94. The number of fused-ring (bicyclic) bond motifs is 3. The predicted molar refractivity (Wildman–Crippen MR) is 105 cm³/mol. The van der Waals surface area contributed by atoms with Crippen LogP contribution in [0.15, 0.2) is 0 Å². The zero-order chi connectivity index (χ0) is 17.3. The van der Waals surface area contributed by atoms with E-state index in [0.29, 0.717) is 12.5 Å². The lowest BCUT2D eigenvalue weighted by atomic mass is 10.1. The molecule has 144 valence electrons. The van der Waals surface area contributed by atoms with Gasteiger partial charge < -0.3 is 18.7 Å². The Hall–Kier alpha value is 0.620. The summed E-state index contributed by atoms with van der Waals surface area (Å²) in [5.41, 5.74) is 0. The van der Waals surface area contributed by atoms with Crippen molar-refractivity contribution in [3.05, 3.63) is 0 Å². The molecule has 3 fully saturated rings. The van der Waals surface area contributed by atoms with E-state index in [2.05, 4.69) is 6.92 Å². The second-order valence-electron chi connectivity index (χ2n) is 6.49. The van der Waals surface area contributed by atoms with E-state index in [1.807, 2.05) is 11.8 Å². The van der Waals surface area contributed by atoms with Crippen molar-refractivity contribution >= 4 is 20.4 Å². The fourth-order valence-corrected chi connectivity index (χ4v) is 4.58. The van der Waals surface area contributed by atoms with Gasteiger partial charge >= 0.3 is 8.60 Å². The fraction of sp³-hybridized carbons (Fsp3) is 1.00. The summed E-state index contributed by atoms with van der Waals surface area (Å²) in [7, 11) is -0.904. The molecule has 0 saturated carbocycles. The summed E-state index contributed by atoms with van der Waals surface area (Å²) in [4.78, 5) is 0. The van der Waals surface area contributed by atoms with Crippen molar-refractivity contribution < 1.29 is 18.7 Å². The Morgan fingerprint density at radius 1 is 0.792 bits per heavy atom. The summed E-state index contributed by atoms with van der Waals surface area (Å²) in [6.07, 6.45) is 14.1. The molecule has 1 N–H and O–H groups in total. The first-order valence-electron chi connectivity index (χ1n) is 9.74. The monoisotopic (exact) mass is 380 g/mol. The van der Waals surface area contributed by atoms with Gasteiger partial charge in [-0.1, -0.05) is 64.7 Å². The minimum absolute atomic E-state index is 0.336. The smallest absolute Gasteiger partial charge is 0.332 e. The molecule has 3 heterocycles. The number of aliphatic hydroxyl groups excluding tert-OH is 1. The van der Waals surface area contributed by atoms with Gasteiger partial charge in [-0.25, -0.2) is 0 Å². The third-order valence-electron chi connectivity index (χ3n) is 4.12. The molecule has 0 amide bonds. The van der Waals surface area contributed by atoms with Crippen molar-refractivity contribution in [3.8, 4) is 0 Å². The van der Waals surface area contributed by atoms with Gasteiger partial charge in [0.2, 0.25) is 0 Å². The molecule has 3 aliphatic heterocycles. The molecule has 2 bridgehead atoms. The first-order chi connectivity index (χ1) is 11.9. The molecule has 0 unspecified atom stereocenters. The number of hydrogen-bond acceptors (Lipinski definition) is 5. The van der Waals surface area contributed by atoms with Gasteiger partial charge in [0.1, 0.15) is 0 Å². The van der Waals surface area contributed by atoms with Crippen LogP contribution in [0.1, 0.15) is 71.1 Å². The minimum atomic E-state index is -0.904. The van der Waals surface area contributed by atoms with E-state index in [4.69, 9.17) is 18.7 Å². The Labute approximate surface area is 154 Å². The zero-order valence-corrected chi connectivity index (χ0v) is 17.1. The standard InChI is InChI=1S/C14H30OS.C4H7O3P/c1-2-3-4-5-6-7-8-9-10-11-13-16-14-12-15;1-4-2-6-8(5-1)7-3-4/h15H,2-14H2,1H3;4H,1-3H2. The van der Waals surface area contributed by atoms with Gasteiger partial charge in [0.15, 0.2) is 0 Å². The van der Waals surface area contributed by atoms with Crippen molar-refractivity contribution in [2.45, 2.75) is 71.1 Å². The van der Waals surface area contributed by atoms with Crippen LogP contribution in [0.4, 0.5) is 0 Å². The Bertz CT molecular complexity index is 226. The van der Waals surface area contributed by atoms with Crippen molar-refractivity contribution in [2.75, 3.05) is 37.9 Å². The first kappa shape index (κ1) is 22.7. The summed E-state index contributed by atoms with van der Waals surface area (Å²) >= 11 is 1.88. The number of unbranched alkanes of at least 4 members (excludes halogenated alkanes) is 9. The summed E-state index contributed by atoms with van der Waals surface area (Å²) in [6.45, 7) is 5.13. The molecule has 0 spiro atoms. The van der Waals surface area contributed by atoms with Crippen molar-refractivity contribution in [1.29, 1.82) is 0 Å². The molecule has 4 nitrogen and oxygen atoms in total. The molecule has 0 aromatic carbocycles. The third kappa shape index (κ3) is 12.9. The normalized spacial score (nSPS) is 22.2. The summed E-state index contributed by atoms with van der Waals surface area (Å²) in [6, 6.07) is 0. The predicted octanol–water partition coefficient (Wildman–Crippen LogP) is 5.54. The molecule has 0 aromatic rings. The zero-order valence-electron chi connectivity index (χ0n) is 15.4. The lowest BCUT2D eigenvalue weighted by molar-refractivity contribution is -0.00248. The van der Waals surface area contributed by atoms with Gasteiger partial charge in [-0.2, -0.15) is 11.8 Å². The average molecular weight is 381 g/mol. The highest BCUT2D eigenvalue weighted by atomic mass is 32.2. The van der Waals surface area contributed by atoms with Crippen LogP contribution < -0.4 is 0 Å². The lowest BCUT2D eigenvalue weighted by Crippen LogP contribution is -2.29. The van der Waals surface area contributed by atoms with Gasteiger partial charge in [-0.05, 0) is 12.2 Å². The lowest BCUT2D eigenvalue weighted by Gasteiger charge is -2.33. The molecular weight excluding hydrogens is 343 g/mol.